The minimum Gasteiger partial charge on any atom is -0.392 e. The third-order valence-corrected chi connectivity index (χ3v) is 4.35. The summed E-state index contributed by atoms with van der Waals surface area (Å²) in [6.07, 6.45) is -4.40. The van der Waals surface area contributed by atoms with Crippen LogP contribution in [0.2, 0.25) is 0 Å². The van der Waals surface area contributed by atoms with Gasteiger partial charge in [-0.1, -0.05) is 18.7 Å². The molecule has 0 spiro atoms. The van der Waals surface area contributed by atoms with Crippen LogP contribution in [-0.2, 0) is 12.8 Å². The zero-order valence-corrected chi connectivity index (χ0v) is 11.0. The van der Waals surface area contributed by atoms with E-state index in [0.29, 0.717) is 10.2 Å². The minimum atomic E-state index is -4.40. The Hall–Kier alpha value is -0.790. The normalized spacial score (nSPS) is 12.3. The number of fused-ring (bicyclic) bond motifs is 1. The fourth-order valence-electron chi connectivity index (χ4n) is 1.55. The first-order chi connectivity index (χ1) is 8.45. The van der Waals surface area contributed by atoms with Gasteiger partial charge in [0.25, 0.3) is 0 Å². The Morgan fingerprint density at radius 2 is 2.11 bits per heavy atom. The molecule has 1 aromatic carbocycles. The molecule has 0 atom stereocenters. The molecule has 1 heterocycles. The molecule has 0 aliphatic carbocycles. The predicted molar refractivity (Wildman–Crippen MR) is 66.9 cm³/mol. The molecule has 98 valence electrons. The molecule has 0 saturated heterocycles. The molecule has 7 heteroatoms. The SMILES string of the molecule is CCSc1nc2c(CO)cc(C(F)(F)F)cc2s1. The summed E-state index contributed by atoms with van der Waals surface area (Å²) >= 11 is 2.70. The first-order valence-electron chi connectivity index (χ1n) is 5.20. The standard InChI is InChI=1S/C11H10F3NOS2/c1-2-17-10-15-9-6(5-16)3-7(11(12,13)14)4-8(9)18-10/h3-4,16H,2,5H2,1H3. The van der Waals surface area contributed by atoms with Gasteiger partial charge in [0.2, 0.25) is 0 Å². The van der Waals surface area contributed by atoms with E-state index in [2.05, 4.69) is 4.98 Å². The third kappa shape index (κ3) is 2.62. The molecule has 0 saturated carbocycles. The van der Waals surface area contributed by atoms with E-state index in [-0.39, 0.29) is 5.56 Å². The zero-order chi connectivity index (χ0) is 13.3. The Labute approximate surface area is 110 Å². The summed E-state index contributed by atoms with van der Waals surface area (Å²) in [4.78, 5) is 4.25. The van der Waals surface area contributed by atoms with Crippen molar-refractivity contribution in [3.8, 4) is 0 Å². The van der Waals surface area contributed by atoms with E-state index < -0.39 is 18.3 Å². The molecule has 0 bridgehead atoms. The molecule has 2 aromatic rings. The highest BCUT2D eigenvalue weighted by Gasteiger charge is 2.31. The summed E-state index contributed by atoms with van der Waals surface area (Å²) < 4.78 is 39.2. The van der Waals surface area contributed by atoms with Gasteiger partial charge in [-0.2, -0.15) is 13.2 Å². The number of thioether (sulfide) groups is 1. The number of hydrogen-bond donors (Lipinski definition) is 1. The summed E-state index contributed by atoms with van der Waals surface area (Å²) in [6, 6.07) is 2.05. The first kappa shape index (κ1) is 13.6. The lowest BCUT2D eigenvalue weighted by molar-refractivity contribution is -0.137. The van der Waals surface area contributed by atoms with Crippen molar-refractivity contribution in [2.75, 3.05) is 5.75 Å². The lowest BCUT2D eigenvalue weighted by atomic mass is 10.1. The minimum absolute atomic E-state index is 0.221. The average Bonchev–Trinajstić information content (AvgIpc) is 2.69. The van der Waals surface area contributed by atoms with Crippen molar-refractivity contribution in [3.63, 3.8) is 0 Å². The van der Waals surface area contributed by atoms with Crippen LogP contribution in [0.4, 0.5) is 13.2 Å². The van der Waals surface area contributed by atoms with Crippen molar-refractivity contribution in [2.24, 2.45) is 0 Å². The van der Waals surface area contributed by atoms with Crippen molar-refractivity contribution in [3.05, 3.63) is 23.3 Å². The molecular formula is C11H10F3NOS2. The number of aliphatic hydroxyl groups excluding tert-OH is 1. The second-order valence-electron chi connectivity index (χ2n) is 3.55. The highest BCUT2D eigenvalue weighted by atomic mass is 32.2. The quantitative estimate of drug-likeness (QED) is 0.871. The molecule has 0 radical (unpaired) electrons. The van der Waals surface area contributed by atoms with Gasteiger partial charge in [0.15, 0.2) is 4.34 Å². The van der Waals surface area contributed by atoms with E-state index in [4.69, 9.17) is 5.11 Å². The number of aromatic nitrogens is 1. The average molecular weight is 293 g/mol. The van der Waals surface area contributed by atoms with E-state index in [1.54, 1.807) is 0 Å². The number of alkyl halides is 3. The lowest BCUT2D eigenvalue weighted by Gasteiger charge is -2.08. The van der Waals surface area contributed by atoms with Gasteiger partial charge in [-0.3, -0.25) is 0 Å². The van der Waals surface area contributed by atoms with Gasteiger partial charge in [-0.15, -0.1) is 11.3 Å². The Balaban J connectivity index is 2.60. The highest BCUT2D eigenvalue weighted by Crippen LogP contribution is 2.37. The van der Waals surface area contributed by atoms with Crippen molar-refractivity contribution in [1.29, 1.82) is 0 Å². The van der Waals surface area contributed by atoms with Gasteiger partial charge in [0, 0.05) is 5.56 Å². The molecule has 2 rings (SSSR count). The smallest absolute Gasteiger partial charge is 0.392 e. The van der Waals surface area contributed by atoms with Crippen LogP contribution in [0, 0.1) is 0 Å². The predicted octanol–water partition coefficient (Wildman–Crippen LogP) is 3.92. The zero-order valence-electron chi connectivity index (χ0n) is 9.41. The number of halogens is 3. The van der Waals surface area contributed by atoms with Crippen LogP contribution in [0.5, 0.6) is 0 Å². The number of rotatable bonds is 3. The molecule has 18 heavy (non-hydrogen) atoms. The van der Waals surface area contributed by atoms with Gasteiger partial charge < -0.3 is 5.11 Å². The van der Waals surface area contributed by atoms with Crippen LogP contribution >= 0.6 is 23.1 Å². The van der Waals surface area contributed by atoms with Crippen LogP contribution in [0.1, 0.15) is 18.1 Å². The summed E-state index contributed by atoms with van der Waals surface area (Å²) in [6.45, 7) is 1.51. The summed E-state index contributed by atoms with van der Waals surface area (Å²) in [5, 5.41) is 9.16. The Bertz CT molecular complexity index is 565. The second kappa shape index (κ2) is 5.07. The van der Waals surface area contributed by atoms with E-state index in [1.807, 2.05) is 6.92 Å². The number of nitrogens with zero attached hydrogens (tertiary/aromatic N) is 1. The highest BCUT2D eigenvalue weighted by molar-refractivity contribution is 8.01. The molecule has 1 N–H and O–H groups in total. The number of benzene rings is 1. The van der Waals surface area contributed by atoms with Crippen molar-refractivity contribution >= 4 is 33.3 Å². The largest absolute Gasteiger partial charge is 0.416 e. The van der Waals surface area contributed by atoms with E-state index in [0.717, 1.165) is 22.2 Å². The monoisotopic (exact) mass is 293 g/mol. The molecular weight excluding hydrogens is 283 g/mol. The number of hydrogen-bond acceptors (Lipinski definition) is 4. The van der Waals surface area contributed by atoms with E-state index in [9.17, 15) is 13.2 Å². The second-order valence-corrected chi connectivity index (χ2v) is 6.09. The fraction of sp³-hybridized carbons (Fsp3) is 0.364. The molecule has 1 aromatic heterocycles. The van der Waals surface area contributed by atoms with Gasteiger partial charge in [0.1, 0.15) is 0 Å². The first-order valence-corrected chi connectivity index (χ1v) is 7.00. The summed E-state index contributed by atoms with van der Waals surface area (Å²) in [5.41, 5.74) is -0.0544. The van der Waals surface area contributed by atoms with E-state index >= 15 is 0 Å². The van der Waals surface area contributed by atoms with Gasteiger partial charge in [-0.05, 0) is 17.9 Å². The summed E-state index contributed by atoms with van der Waals surface area (Å²) in [7, 11) is 0. The van der Waals surface area contributed by atoms with E-state index in [1.165, 1.54) is 23.1 Å². The molecule has 0 aliphatic heterocycles. The van der Waals surface area contributed by atoms with Crippen LogP contribution in [0.3, 0.4) is 0 Å². The van der Waals surface area contributed by atoms with Gasteiger partial charge in [0.05, 0.1) is 22.4 Å². The van der Waals surface area contributed by atoms with Crippen LogP contribution in [0.25, 0.3) is 10.2 Å². The molecule has 2 nitrogen and oxygen atoms in total. The van der Waals surface area contributed by atoms with Crippen LogP contribution < -0.4 is 0 Å². The molecule has 0 fully saturated rings. The lowest BCUT2D eigenvalue weighted by Crippen LogP contribution is -2.05. The van der Waals surface area contributed by atoms with Gasteiger partial charge >= 0.3 is 6.18 Å². The van der Waals surface area contributed by atoms with Crippen molar-refractivity contribution in [1.82, 2.24) is 4.98 Å². The Kier molecular flexibility index (Phi) is 3.84. The third-order valence-electron chi connectivity index (χ3n) is 2.32. The molecule has 0 aliphatic rings. The number of thiazole rings is 1. The fourth-order valence-corrected chi connectivity index (χ4v) is 3.59. The van der Waals surface area contributed by atoms with Crippen molar-refractivity contribution < 1.29 is 18.3 Å². The maximum atomic E-state index is 12.7. The Morgan fingerprint density at radius 3 is 2.67 bits per heavy atom. The van der Waals surface area contributed by atoms with Gasteiger partial charge in [-0.25, -0.2) is 4.98 Å². The topological polar surface area (TPSA) is 33.1 Å². The van der Waals surface area contributed by atoms with Crippen LogP contribution in [-0.4, -0.2) is 15.8 Å². The van der Waals surface area contributed by atoms with Crippen LogP contribution in [0.15, 0.2) is 16.5 Å². The maximum Gasteiger partial charge on any atom is 0.416 e. The van der Waals surface area contributed by atoms with Crippen molar-refractivity contribution in [2.45, 2.75) is 24.0 Å². The Morgan fingerprint density at radius 1 is 1.39 bits per heavy atom. The number of aliphatic hydroxyl groups is 1. The molecule has 0 unspecified atom stereocenters. The molecule has 0 amide bonds. The summed E-state index contributed by atoms with van der Waals surface area (Å²) in [5.74, 6) is 0.806. The maximum absolute atomic E-state index is 12.7.